The van der Waals surface area contributed by atoms with Gasteiger partial charge >= 0.3 is 0 Å². The summed E-state index contributed by atoms with van der Waals surface area (Å²) in [4.78, 5) is 12.3. The third-order valence-corrected chi connectivity index (χ3v) is 4.45. The molecule has 0 aliphatic rings. The van der Waals surface area contributed by atoms with Gasteiger partial charge in [-0.05, 0) is 32.0 Å². The van der Waals surface area contributed by atoms with Gasteiger partial charge in [0.05, 0.1) is 35.2 Å². The molecular weight excluding hydrogens is 361 g/mol. The molecule has 0 unspecified atom stereocenters. The van der Waals surface area contributed by atoms with Crippen LogP contribution >= 0.6 is 23.2 Å². The summed E-state index contributed by atoms with van der Waals surface area (Å²) in [5.74, 6) is -0.309. The van der Waals surface area contributed by atoms with Crippen LogP contribution < -0.4 is 5.32 Å². The van der Waals surface area contributed by atoms with Crippen molar-refractivity contribution in [2.45, 2.75) is 26.9 Å². The minimum atomic E-state index is -0.309. The molecule has 3 aromatic rings. The van der Waals surface area contributed by atoms with Crippen molar-refractivity contribution in [3.63, 3.8) is 0 Å². The molecule has 1 aromatic carbocycles. The van der Waals surface area contributed by atoms with Crippen molar-refractivity contribution in [1.82, 2.24) is 19.6 Å². The van der Waals surface area contributed by atoms with Gasteiger partial charge in [-0.15, -0.1) is 0 Å². The van der Waals surface area contributed by atoms with Crippen molar-refractivity contribution in [1.29, 1.82) is 0 Å². The fourth-order valence-electron chi connectivity index (χ4n) is 2.52. The highest BCUT2D eigenvalue weighted by Gasteiger charge is 2.12. The lowest BCUT2D eigenvalue weighted by molar-refractivity contribution is 0.102. The van der Waals surface area contributed by atoms with Gasteiger partial charge in [-0.2, -0.15) is 10.2 Å². The highest BCUT2D eigenvalue weighted by molar-refractivity contribution is 6.37. The molecule has 0 saturated heterocycles. The third kappa shape index (κ3) is 3.86. The molecule has 8 heteroatoms. The third-order valence-electron chi connectivity index (χ3n) is 3.90. The number of halogens is 2. The fourth-order valence-corrected chi connectivity index (χ4v) is 3.01. The average molecular weight is 378 g/mol. The zero-order valence-corrected chi connectivity index (χ0v) is 15.3. The van der Waals surface area contributed by atoms with E-state index in [2.05, 4.69) is 15.5 Å². The molecule has 0 atom stereocenters. The lowest BCUT2D eigenvalue weighted by Crippen LogP contribution is -2.12. The molecule has 1 amide bonds. The average Bonchev–Trinajstić information content (AvgIpc) is 3.15. The number of amides is 1. The number of nitrogens with zero attached hydrogens (tertiary/aromatic N) is 4. The second-order valence-corrected chi connectivity index (χ2v) is 6.42. The summed E-state index contributed by atoms with van der Waals surface area (Å²) in [5, 5.41) is 12.2. The van der Waals surface area contributed by atoms with Gasteiger partial charge in [0.25, 0.3) is 5.91 Å². The fraction of sp³-hybridized carbons (Fsp3) is 0.235. The molecule has 0 spiro atoms. The maximum Gasteiger partial charge on any atom is 0.257 e. The Hall–Kier alpha value is -2.31. The minimum Gasteiger partial charge on any atom is -0.319 e. The predicted octanol–water partition coefficient (Wildman–Crippen LogP) is 4.02. The molecule has 0 radical (unpaired) electrons. The Labute approximate surface area is 155 Å². The number of carbonyl (C=O) groups excluding carboxylic acids is 1. The van der Waals surface area contributed by atoms with Gasteiger partial charge < -0.3 is 5.32 Å². The Balaban J connectivity index is 1.71. The van der Waals surface area contributed by atoms with Crippen LogP contribution in [0.1, 0.15) is 28.5 Å². The zero-order valence-electron chi connectivity index (χ0n) is 13.8. The van der Waals surface area contributed by atoms with Crippen LogP contribution in [0.4, 0.5) is 5.69 Å². The number of benzene rings is 1. The van der Waals surface area contributed by atoms with Gasteiger partial charge in [0.1, 0.15) is 0 Å². The monoisotopic (exact) mass is 377 g/mol. The minimum absolute atomic E-state index is 0.306. The van der Waals surface area contributed by atoms with E-state index in [1.807, 2.05) is 24.7 Å². The number of anilines is 1. The highest BCUT2D eigenvalue weighted by Crippen LogP contribution is 2.22. The first-order valence-electron chi connectivity index (χ1n) is 7.78. The summed E-state index contributed by atoms with van der Waals surface area (Å²) in [6.07, 6.45) is 5.21. The number of nitrogens with one attached hydrogen (secondary N) is 1. The van der Waals surface area contributed by atoms with E-state index in [0.717, 1.165) is 17.8 Å². The maximum absolute atomic E-state index is 12.3. The molecule has 0 aliphatic carbocycles. The Kier molecular flexibility index (Phi) is 5.11. The topological polar surface area (TPSA) is 64.7 Å². The molecule has 25 heavy (non-hydrogen) atoms. The van der Waals surface area contributed by atoms with Crippen molar-refractivity contribution in [3.8, 4) is 0 Å². The SMILES string of the molecule is CCn1ncc(Cn2cc(NC(=O)c3ccc(Cl)cc3Cl)cn2)c1C. The number of hydrogen-bond acceptors (Lipinski definition) is 3. The Morgan fingerprint density at radius 1 is 1.24 bits per heavy atom. The van der Waals surface area contributed by atoms with Crippen LogP contribution in [0.15, 0.2) is 36.8 Å². The smallest absolute Gasteiger partial charge is 0.257 e. The number of aryl methyl sites for hydroxylation is 1. The van der Waals surface area contributed by atoms with Gasteiger partial charge in [-0.25, -0.2) is 0 Å². The van der Waals surface area contributed by atoms with Crippen molar-refractivity contribution in [2.75, 3.05) is 5.32 Å². The van der Waals surface area contributed by atoms with E-state index in [4.69, 9.17) is 23.2 Å². The van der Waals surface area contributed by atoms with Crippen LogP contribution in [0.3, 0.4) is 0 Å². The van der Waals surface area contributed by atoms with Gasteiger partial charge in [0.15, 0.2) is 0 Å². The van der Waals surface area contributed by atoms with Gasteiger partial charge in [-0.1, -0.05) is 23.2 Å². The summed E-state index contributed by atoms with van der Waals surface area (Å²) < 4.78 is 3.69. The zero-order chi connectivity index (χ0) is 18.0. The molecule has 1 N–H and O–H groups in total. The molecule has 2 aromatic heterocycles. The molecule has 0 saturated carbocycles. The van der Waals surface area contributed by atoms with Gasteiger partial charge in [0.2, 0.25) is 0 Å². The van der Waals surface area contributed by atoms with Crippen LogP contribution in [-0.2, 0) is 13.1 Å². The molecule has 2 heterocycles. The molecule has 6 nitrogen and oxygen atoms in total. The van der Waals surface area contributed by atoms with E-state index in [9.17, 15) is 4.79 Å². The molecule has 0 bridgehead atoms. The van der Waals surface area contributed by atoms with Gasteiger partial charge in [-0.3, -0.25) is 14.2 Å². The number of rotatable bonds is 5. The van der Waals surface area contributed by atoms with Crippen molar-refractivity contribution in [3.05, 3.63) is 63.7 Å². The number of hydrogen-bond donors (Lipinski definition) is 1. The first-order chi connectivity index (χ1) is 12.0. The molecule has 0 aliphatic heterocycles. The van der Waals surface area contributed by atoms with Crippen molar-refractivity contribution in [2.24, 2.45) is 0 Å². The summed E-state index contributed by atoms with van der Waals surface area (Å²) in [6, 6.07) is 4.75. The number of aromatic nitrogens is 4. The van der Waals surface area contributed by atoms with Crippen LogP contribution in [0.5, 0.6) is 0 Å². The lowest BCUT2D eigenvalue weighted by Gasteiger charge is -2.05. The van der Waals surface area contributed by atoms with E-state index in [-0.39, 0.29) is 5.91 Å². The molecule has 0 fully saturated rings. The molecule has 130 valence electrons. The van der Waals surface area contributed by atoms with Crippen molar-refractivity contribution < 1.29 is 4.79 Å². The Bertz CT molecular complexity index is 916. The highest BCUT2D eigenvalue weighted by atomic mass is 35.5. The second kappa shape index (κ2) is 7.29. The summed E-state index contributed by atoms with van der Waals surface area (Å²) >= 11 is 11.9. The van der Waals surface area contributed by atoms with E-state index >= 15 is 0 Å². The van der Waals surface area contributed by atoms with E-state index in [1.165, 1.54) is 6.07 Å². The standard InChI is InChI=1S/C17H17Cl2N5O/c1-3-24-11(2)12(7-21-24)9-23-10-14(8-20-23)22-17(25)15-5-4-13(18)6-16(15)19/h4-8,10H,3,9H2,1-2H3,(H,22,25). The van der Waals surface area contributed by atoms with E-state index in [0.29, 0.717) is 27.8 Å². The van der Waals surface area contributed by atoms with Crippen LogP contribution in [0, 0.1) is 6.92 Å². The van der Waals surface area contributed by atoms with E-state index in [1.54, 1.807) is 29.2 Å². The normalized spacial score (nSPS) is 10.9. The first kappa shape index (κ1) is 17.5. The Morgan fingerprint density at radius 3 is 2.72 bits per heavy atom. The maximum atomic E-state index is 12.3. The lowest BCUT2D eigenvalue weighted by atomic mass is 10.2. The predicted molar refractivity (Wildman–Crippen MR) is 98.4 cm³/mol. The quantitative estimate of drug-likeness (QED) is 0.730. The summed E-state index contributed by atoms with van der Waals surface area (Å²) in [7, 11) is 0. The van der Waals surface area contributed by atoms with Crippen LogP contribution in [0.25, 0.3) is 0 Å². The van der Waals surface area contributed by atoms with Crippen LogP contribution in [0.2, 0.25) is 10.0 Å². The largest absolute Gasteiger partial charge is 0.319 e. The first-order valence-corrected chi connectivity index (χ1v) is 8.53. The molecular formula is C17H17Cl2N5O. The van der Waals surface area contributed by atoms with Gasteiger partial charge in [0, 0.05) is 29.0 Å². The van der Waals surface area contributed by atoms with Crippen LogP contribution in [-0.4, -0.2) is 25.5 Å². The second-order valence-electron chi connectivity index (χ2n) is 5.58. The summed E-state index contributed by atoms with van der Waals surface area (Å²) in [5.41, 5.74) is 3.15. The summed E-state index contributed by atoms with van der Waals surface area (Å²) in [6.45, 7) is 5.49. The Morgan fingerprint density at radius 2 is 2.04 bits per heavy atom. The molecule has 3 rings (SSSR count). The van der Waals surface area contributed by atoms with Crippen molar-refractivity contribution >= 4 is 34.8 Å². The number of carbonyl (C=O) groups is 1. The van der Waals surface area contributed by atoms with E-state index < -0.39 is 0 Å².